The van der Waals surface area contributed by atoms with Crippen LogP contribution in [-0.2, 0) is 4.57 Å². The van der Waals surface area contributed by atoms with E-state index in [-0.39, 0.29) is 11.4 Å². The maximum atomic E-state index is 14.0. The Morgan fingerprint density at radius 1 is 0.704 bits per heavy atom. The van der Waals surface area contributed by atoms with Crippen LogP contribution in [0.2, 0.25) is 0 Å². The summed E-state index contributed by atoms with van der Waals surface area (Å²) in [6, 6.07) is 12.0. The molecule has 11 heteroatoms. The molecule has 0 bridgehead atoms. The molecular formula is C16H16N5O5P. The van der Waals surface area contributed by atoms with Gasteiger partial charge >= 0.3 is 7.59 Å². The van der Waals surface area contributed by atoms with Crippen LogP contribution in [-0.4, -0.2) is 40.7 Å². The van der Waals surface area contributed by atoms with Crippen molar-refractivity contribution >= 4 is 30.3 Å². The molecule has 2 aliphatic rings. The molecule has 140 valence electrons. The Balaban J connectivity index is 1.68. The van der Waals surface area contributed by atoms with E-state index in [0.29, 0.717) is 37.6 Å². The third kappa shape index (κ3) is 2.73. The van der Waals surface area contributed by atoms with Crippen molar-refractivity contribution in [1.82, 2.24) is 4.67 Å². The number of hydrogen-bond acceptors (Lipinski definition) is 5. The minimum absolute atomic E-state index is 0.0215. The molecule has 0 N–H and O–H groups in total. The lowest BCUT2D eigenvalue weighted by atomic mass is 10.3. The van der Waals surface area contributed by atoms with Crippen LogP contribution < -0.4 is 9.34 Å². The summed E-state index contributed by atoms with van der Waals surface area (Å²) >= 11 is 0. The Morgan fingerprint density at radius 3 is 1.41 bits per heavy atom. The highest BCUT2D eigenvalue weighted by molar-refractivity contribution is 7.65. The summed E-state index contributed by atoms with van der Waals surface area (Å²) in [5, 5.41) is 21.7. The molecule has 0 radical (unpaired) electrons. The average molecular weight is 389 g/mol. The summed E-state index contributed by atoms with van der Waals surface area (Å²) in [5.74, 6) is 0. The predicted octanol–water partition coefficient (Wildman–Crippen LogP) is 3.25. The molecule has 2 saturated heterocycles. The Kier molecular flexibility index (Phi) is 4.09. The summed E-state index contributed by atoms with van der Waals surface area (Å²) < 4.78 is 19.5. The van der Waals surface area contributed by atoms with Crippen molar-refractivity contribution in [3.05, 3.63) is 68.8 Å². The summed E-state index contributed by atoms with van der Waals surface area (Å²) in [4.78, 5) is 20.8. The van der Waals surface area contributed by atoms with E-state index >= 15 is 0 Å². The second kappa shape index (κ2) is 6.33. The van der Waals surface area contributed by atoms with Gasteiger partial charge in [0.2, 0.25) is 0 Å². The van der Waals surface area contributed by atoms with Crippen molar-refractivity contribution in [3.63, 3.8) is 0 Å². The summed E-state index contributed by atoms with van der Waals surface area (Å²) in [6.07, 6.45) is 0. The summed E-state index contributed by atoms with van der Waals surface area (Å²) in [6.45, 7) is 2.33. The van der Waals surface area contributed by atoms with Crippen LogP contribution in [0.1, 0.15) is 0 Å². The van der Waals surface area contributed by atoms with Crippen LogP contribution in [0.5, 0.6) is 0 Å². The first-order valence-corrected chi connectivity index (χ1v) is 9.88. The fourth-order valence-electron chi connectivity index (χ4n) is 3.54. The topological polar surface area (TPSA) is 113 Å². The molecule has 2 aliphatic heterocycles. The Labute approximate surface area is 154 Å². The first-order valence-electron chi connectivity index (χ1n) is 8.31. The molecule has 2 heterocycles. The number of benzene rings is 2. The molecule has 0 atom stereocenters. The number of nitrogens with zero attached hydrogens (tertiary/aromatic N) is 5. The van der Waals surface area contributed by atoms with E-state index in [9.17, 15) is 24.8 Å². The number of anilines is 2. The van der Waals surface area contributed by atoms with Gasteiger partial charge in [-0.25, -0.2) is 4.67 Å². The summed E-state index contributed by atoms with van der Waals surface area (Å²) in [5.41, 5.74) is 1.26. The van der Waals surface area contributed by atoms with Crippen molar-refractivity contribution < 1.29 is 14.4 Å². The molecule has 2 aromatic carbocycles. The maximum Gasteiger partial charge on any atom is 0.335 e. The van der Waals surface area contributed by atoms with Gasteiger partial charge in [0.15, 0.2) is 0 Å². The largest absolute Gasteiger partial charge is 0.335 e. The fourth-order valence-corrected chi connectivity index (χ4v) is 6.68. The van der Waals surface area contributed by atoms with Gasteiger partial charge in [-0.1, -0.05) is 0 Å². The zero-order valence-electron chi connectivity index (χ0n) is 14.2. The molecular weight excluding hydrogens is 373 g/mol. The number of hydrogen-bond donors (Lipinski definition) is 0. The van der Waals surface area contributed by atoms with Gasteiger partial charge in [0, 0.05) is 61.8 Å². The molecule has 4 rings (SSSR count). The van der Waals surface area contributed by atoms with Crippen molar-refractivity contribution in [2.75, 3.05) is 35.5 Å². The third-order valence-electron chi connectivity index (χ3n) is 4.85. The lowest BCUT2D eigenvalue weighted by molar-refractivity contribution is -0.385. The highest BCUT2D eigenvalue weighted by Gasteiger charge is 2.52. The lowest BCUT2D eigenvalue weighted by Gasteiger charge is -2.33. The SMILES string of the molecule is O=[N+]([O-])c1ccc(N2CCN3CCN(c4ccc([N+](=O)[O-])cc4)P32=O)cc1. The molecule has 10 nitrogen and oxygen atoms in total. The van der Waals surface area contributed by atoms with Crippen molar-refractivity contribution in [2.45, 2.75) is 0 Å². The number of fused-ring (bicyclic) bond motifs is 1. The van der Waals surface area contributed by atoms with Gasteiger partial charge < -0.3 is 0 Å². The van der Waals surface area contributed by atoms with E-state index in [2.05, 4.69) is 0 Å². The molecule has 2 aromatic rings. The van der Waals surface area contributed by atoms with Gasteiger partial charge in [0.1, 0.15) is 0 Å². The standard InChI is InChI=1S/C16H16N5O5P/c22-20(23)15-5-1-13(2-6-15)18-11-9-17-10-12-19(27(17,18)26)14-3-7-16(8-4-14)21(24)25/h1-8H,9-12H2. The highest BCUT2D eigenvalue weighted by atomic mass is 31.2. The summed E-state index contributed by atoms with van der Waals surface area (Å²) in [7, 11) is -3.11. The minimum Gasteiger partial charge on any atom is -0.293 e. The Hall–Kier alpha value is -2.97. The number of nitro benzene ring substituents is 2. The third-order valence-corrected chi connectivity index (χ3v) is 8.11. The van der Waals surface area contributed by atoms with Crippen LogP contribution >= 0.6 is 7.59 Å². The van der Waals surface area contributed by atoms with Crippen LogP contribution in [0, 0.1) is 20.2 Å². The van der Waals surface area contributed by atoms with Gasteiger partial charge in [0.25, 0.3) is 11.4 Å². The zero-order valence-corrected chi connectivity index (χ0v) is 15.1. The Bertz CT molecular complexity index is 875. The van der Waals surface area contributed by atoms with E-state index in [4.69, 9.17) is 0 Å². The van der Waals surface area contributed by atoms with E-state index in [1.165, 1.54) is 24.3 Å². The molecule has 0 aromatic heterocycles. The van der Waals surface area contributed by atoms with Gasteiger partial charge in [-0.15, -0.1) is 0 Å². The first kappa shape index (κ1) is 17.4. The van der Waals surface area contributed by atoms with E-state index < -0.39 is 17.4 Å². The maximum absolute atomic E-state index is 14.0. The fraction of sp³-hybridized carbons (Fsp3) is 0.250. The quantitative estimate of drug-likeness (QED) is 0.445. The second-order valence-corrected chi connectivity index (χ2v) is 8.82. The highest BCUT2D eigenvalue weighted by Crippen LogP contribution is 2.65. The number of nitro groups is 2. The van der Waals surface area contributed by atoms with Crippen LogP contribution in [0.4, 0.5) is 22.7 Å². The molecule has 0 amide bonds. The zero-order chi connectivity index (χ0) is 19.2. The Morgan fingerprint density at radius 2 is 1.07 bits per heavy atom. The molecule has 27 heavy (non-hydrogen) atoms. The molecule has 0 unspecified atom stereocenters. The predicted molar refractivity (Wildman–Crippen MR) is 100 cm³/mol. The van der Waals surface area contributed by atoms with Gasteiger partial charge in [-0.2, -0.15) is 0 Å². The van der Waals surface area contributed by atoms with Crippen molar-refractivity contribution in [1.29, 1.82) is 0 Å². The number of non-ortho nitro benzene ring substituents is 2. The van der Waals surface area contributed by atoms with Gasteiger partial charge in [0.05, 0.1) is 9.85 Å². The molecule has 0 saturated carbocycles. The average Bonchev–Trinajstić information content (AvgIpc) is 3.16. The van der Waals surface area contributed by atoms with E-state index in [0.717, 1.165) is 0 Å². The smallest absolute Gasteiger partial charge is 0.293 e. The lowest BCUT2D eigenvalue weighted by Crippen LogP contribution is -2.26. The number of rotatable bonds is 4. The van der Waals surface area contributed by atoms with Crippen LogP contribution in [0.25, 0.3) is 0 Å². The van der Waals surface area contributed by atoms with Crippen molar-refractivity contribution in [2.24, 2.45) is 0 Å². The normalized spacial score (nSPS) is 18.5. The van der Waals surface area contributed by atoms with Crippen molar-refractivity contribution in [3.8, 4) is 0 Å². The molecule has 2 fully saturated rings. The van der Waals surface area contributed by atoms with Crippen LogP contribution in [0.3, 0.4) is 0 Å². The first-order chi connectivity index (χ1) is 12.9. The molecule has 0 spiro atoms. The van der Waals surface area contributed by atoms with E-state index in [1.807, 2.05) is 4.67 Å². The van der Waals surface area contributed by atoms with Gasteiger partial charge in [-0.3, -0.25) is 34.1 Å². The van der Waals surface area contributed by atoms with E-state index in [1.54, 1.807) is 33.6 Å². The second-order valence-electron chi connectivity index (χ2n) is 6.26. The molecule has 0 aliphatic carbocycles. The van der Waals surface area contributed by atoms with Crippen LogP contribution in [0.15, 0.2) is 48.5 Å². The minimum atomic E-state index is -3.11. The van der Waals surface area contributed by atoms with Gasteiger partial charge in [-0.05, 0) is 24.3 Å². The monoisotopic (exact) mass is 389 g/mol.